The van der Waals surface area contributed by atoms with E-state index in [0.29, 0.717) is 0 Å². The Bertz CT molecular complexity index is 834. The predicted molar refractivity (Wildman–Crippen MR) is 93.9 cm³/mol. The highest BCUT2D eigenvalue weighted by Gasteiger charge is 2.19. The normalized spacial score (nSPS) is 11.9. The lowest BCUT2D eigenvalue weighted by Crippen LogP contribution is -2.09. The number of aryl methyl sites for hydroxylation is 1. The van der Waals surface area contributed by atoms with E-state index in [0.717, 1.165) is 6.42 Å². The molecule has 0 radical (unpaired) electrons. The molecule has 108 valence electrons. The summed E-state index contributed by atoms with van der Waals surface area (Å²) in [6.07, 6.45) is 1.06. The molecule has 0 heterocycles. The van der Waals surface area contributed by atoms with Gasteiger partial charge >= 0.3 is 0 Å². The summed E-state index contributed by atoms with van der Waals surface area (Å²) < 4.78 is 0. The van der Waals surface area contributed by atoms with Crippen LogP contribution in [0.5, 0.6) is 0 Å². The molecule has 0 aliphatic heterocycles. The van der Waals surface area contributed by atoms with Crippen molar-refractivity contribution in [1.29, 1.82) is 0 Å². The van der Waals surface area contributed by atoms with E-state index >= 15 is 0 Å². The third kappa shape index (κ3) is 2.10. The number of nitrogens with zero attached hydrogens (tertiary/aromatic N) is 1. The maximum Gasteiger partial charge on any atom is 0.0414 e. The number of benzene rings is 3. The fourth-order valence-electron chi connectivity index (χ4n) is 3.28. The van der Waals surface area contributed by atoms with Crippen LogP contribution in [0.25, 0.3) is 11.1 Å². The fraction of sp³-hybridized carbons (Fsp3) is 0.143. The Morgan fingerprint density at radius 1 is 0.727 bits per heavy atom. The Morgan fingerprint density at radius 2 is 1.41 bits per heavy atom. The van der Waals surface area contributed by atoms with Crippen LogP contribution in [0.1, 0.15) is 16.7 Å². The highest BCUT2D eigenvalue weighted by molar-refractivity contribution is 5.81. The summed E-state index contributed by atoms with van der Waals surface area (Å²) in [5.74, 6) is 0. The number of rotatable bonds is 2. The summed E-state index contributed by atoms with van der Waals surface area (Å²) in [7, 11) is 2.13. The highest BCUT2D eigenvalue weighted by atomic mass is 15.1. The number of anilines is 2. The van der Waals surface area contributed by atoms with E-state index in [4.69, 9.17) is 0 Å². The van der Waals surface area contributed by atoms with Crippen LogP contribution in [0.4, 0.5) is 11.4 Å². The van der Waals surface area contributed by atoms with E-state index in [1.54, 1.807) is 0 Å². The highest BCUT2D eigenvalue weighted by Crippen LogP contribution is 2.39. The molecule has 0 N–H and O–H groups in total. The smallest absolute Gasteiger partial charge is 0.0414 e. The fourth-order valence-corrected chi connectivity index (χ4v) is 3.28. The van der Waals surface area contributed by atoms with Crippen molar-refractivity contribution < 1.29 is 0 Å². The monoisotopic (exact) mass is 285 g/mol. The molecule has 3 aromatic carbocycles. The van der Waals surface area contributed by atoms with Gasteiger partial charge in [0.1, 0.15) is 0 Å². The van der Waals surface area contributed by atoms with Gasteiger partial charge in [0.15, 0.2) is 0 Å². The molecule has 0 aromatic heterocycles. The van der Waals surface area contributed by atoms with Crippen molar-refractivity contribution in [2.75, 3.05) is 11.9 Å². The van der Waals surface area contributed by atoms with Gasteiger partial charge in [0.2, 0.25) is 0 Å². The van der Waals surface area contributed by atoms with Gasteiger partial charge in [0, 0.05) is 18.4 Å². The minimum Gasteiger partial charge on any atom is -0.345 e. The van der Waals surface area contributed by atoms with Crippen LogP contribution in [0.3, 0.4) is 0 Å². The van der Waals surface area contributed by atoms with Crippen LogP contribution in [0.2, 0.25) is 0 Å². The van der Waals surface area contributed by atoms with Crippen molar-refractivity contribution >= 4 is 11.4 Å². The molecule has 0 saturated carbocycles. The number of hydrogen-bond donors (Lipinski definition) is 0. The van der Waals surface area contributed by atoms with Crippen molar-refractivity contribution in [3.05, 3.63) is 83.4 Å². The zero-order valence-corrected chi connectivity index (χ0v) is 13.0. The number of hydrogen-bond acceptors (Lipinski definition) is 1. The second-order valence-electron chi connectivity index (χ2n) is 6.07. The molecule has 1 heteroatoms. The summed E-state index contributed by atoms with van der Waals surface area (Å²) >= 11 is 0. The van der Waals surface area contributed by atoms with E-state index in [-0.39, 0.29) is 0 Å². The molecule has 0 spiro atoms. The zero-order valence-electron chi connectivity index (χ0n) is 13.0. The van der Waals surface area contributed by atoms with E-state index < -0.39 is 0 Å². The first kappa shape index (κ1) is 13.1. The maximum atomic E-state index is 2.33. The molecular formula is C21H19N. The van der Waals surface area contributed by atoms with Crippen molar-refractivity contribution in [3.8, 4) is 11.1 Å². The van der Waals surface area contributed by atoms with Crippen LogP contribution in [0.15, 0.2) is 66.7 Å². The first-order valence-corrected chi connectivity index (χ1v) is 7.74. The molecule has 0 fully saturated rings. The molecule has 0 amide bonds. The third-order valence-corrected chi connectivity index (χ3v) is 4.56. The van der Waals surface area contributed by atoms with Crippen molar-refractivity contribution in [2.45, 2.75) is 13.3 Å². The molecule has 0 unspecified atom stereocenters. The number of para-hydroxylation sites is 1. The Morgan fingerprint density at radius 3 is 2.18 bits per heavy atom. The first-order chi connectivity index (χ1) is 10.7. The third-order valence-electron chi connectivity index (χ3n) is 4.56. The van der Waals surface area contributed by atoms with Gasteiger partial charge in [0.25, 0.3) is 0 Å². The van der Waals surface area contributed by atoms with E-state index in [1.165, 1.54) is 39.2 Å². The molecule has 0 atom stereocenters. The molecule has 4 rings (SSSR count). The maximum absolute atomic E-state index is 2.33. The second kappa shape index (κ2) is 5.03. The summed E-state index contributed by atoms with van der Waals surface area (Å²) in [4.78, 5) is 2.24. The van der Waals surface area contributed by atoms with Crippen molar-refractivity contribution in [1.82, 2.24) is 0 Å². The minimum atomic E-state index is 1.06. The Kier molecular flexibility index (Phi) is 3.00. The van der Waals surface area contributed by atoms with Gasteiger partial charge in [-0.25, -0.2) is 0 Å². The average molecular weight is 285 g/mol. The molecule has 0 saturated heterocycles. The first-order valence-electron chi connectivity index (χ1n) is 7.74. The van der Waals surface area contributed by atoms with Gasteiger partial charge < -0.3 is 4.90 Å². The average Bonchev–Trinajstić information content (AvgIpc) is 2.92. The molecule has 22 heavy (non-hydrogen) atoms. The quantitative estimate of drug-likeness (QED) is 0.481. The SMILES string of the molecule is Cc1ccc2c(c1)-c1cc(N(C)c3ccccc3)ccc1C2. The van der Waals surface area contributed by atoms with Gasteiger partial charge in [0.05, 0.1) is 0 Å². The summed E-state index contributed by atoms with van der Waals surface area (Å²) in [5.41, 5.74) is 9.45. The Labute approximate surface area is 131 Å². The summed E-state index contributed by atoms with van der Waals surface area (Å²) in [5, 5.41) is 0. The molecular weight excluding hydrogens is 266 g/mol. The topological polar surface area (TPSA) is 3.24 Å². The Hall–Kier alpha value is -2.54. The van der Waals surface area contributed by atoms with Crippen molar-refractivity contribution in [2.24, 2.45) is 0 Å². The largest absolute Gasteiger partial charge is 0.345 e. The van der Waals surface area contributed by atoms with Crippen LogP contribution < -0.4 is 4.90 Å². The van der Waals surface area contributed by atoms with E-state index in [9.17, 15) is 0 Å². The van der Waals surface area contributed by atoms with Crippen LogP contribution in [-0.4, -0.2) is 7.05 Å². The zero-order chi connectivity index (χ0) is 15.1. The van der Waals surface area contributed by atoms with E-state index in [1.807, 2.05) is 0 Å². The lowest BCUT2D eigenvalue weighted by Gasteiger charge is -2.20. The van der Waals surface area contributed by atoms with Crippen molar-refractivity contribution in [3.63, 3.8) is 0 Å². The van der Waals surface area contributed by atoms with Gasteiger partial charge in [-0.05, 0) is 59.9 Å². The minimum absolute atomic E-state index is 1.06. The van der Waals surface area contributed by atoms with Gasteiger partial charge in [-0.3, -0.25) is 0 Å². The molecule has 3 aromatic rings. The molecule has 0 bridgehead atoms. The van der Waals surface area contributed by atoms with Crippen LogP contribution in [0, 0.1) is 6.92 Å². The van der Waals surface area contributed by atoms with Gasteiger partial charge in [-0.2, -0.15) is 0 Å². The van der Waals surface area contributed by atoms with Gasteiger partial charge in [-0.1, -0.05) is 48.0 Å². The predicted octanol–water partition coefficient (Wildman–Crippen LogP) is 5.33. The lowest BCUT2D eigenvalue weighted by molar-refractivity contribution is 1.20. The van der Waals surface area contributed by atoms with E-state index in [2.05, 4.69) is 85.6 Å². The number of fused-ring (bicyclic) bond motifs is 3. The lowest BCUT2D eigenvalue weighted by atomic mass is 10.0. The molecule has 1 aliphatic rings. The molecule has 1 aliphatic carbocycles. The molecule has 1 nitrogen and oxygen atoms in total. The second-order valence-corrected chi connectivity index (χ2v) is 6.07. The van der Waals surface area contributed by atoms with Crippen LogP contribution in [-0.2, 0) is 6.42 Å². The standard InChI is InChI=1S/C21H19N/c1-15-8-9-16-13-17-10-11-19(14-21(17)20(16)12-15)22(2)18-6-4-3-5-7-18/h3-12,14H,13H2,1-2H3. The summed E-state index contributed by atoms with van der Waals surface area (Å²) in [6, 6.07) is 24.1. The summed E-state index contributed by atoms with van der Waals surface area (Å²) in [6.45, 7) is 2.16. The van der Waals surface area contributed by atoms with Gasteiger partial charge in [-0.15, -0.1) is 0 Å². The van der Waals surface area contributed by atoms with Crippen LogP contribution >= 0.6 is 0 Å². The Balaban J connectivity index is 1.79.